The van der Waals surface area contributed by atoms with Crippen LogP contribution < -0.4 is 5.32 Å². The van der Waals surface area contributed by atoms with E-state index in [1.165, 1.54) is 0 Å². The third-order valence-electron chi connectivity index (χ3n) is 3.05. The van der Waals surface area contributed by atoms with E-state index < -0.39 is 24.7 Å². The summed E-state index contributed by atoms with van der Waals surface area (Å²) < 4.78 is 36.3. The quantitative estimate of drug-likeness (QED) is 0.910. The molecule has 2 N–H and O–H groups in total. The molecule has 0 spiro atoms. The number of amides is 1. The zero-order chi connectivity index (χ0) is 15.5. The highest BCUT2D eigenvalue weighted by Crippen LogP contribution is 2.19. The van der Waals surface area contributed by atoms with Gasteiger partial charge in [-0.3, -0.25) is 4.79 Å². The average molecular weight is 297 g/mol. The predicted molar refractivity (Wildman–Crippen MR) is 72.7 cm³/mol. The zero-order valence-electron chi connectivity index (χ0n) is 11.0. The van der Waals surface area contributed by atoms with Crippen LogP contribution >= 0.6 is 0 Å². The Morgan fingerprint density at radius 2 is 1.81 bits per heavy atom. The molecule has 1 atom stereocenters. The molecule has 0 heterocycles. The molecule has 112 valence electrons. The van der Waals surface area contributed by atoms with Crippen LogP contribution in [0.25, 0.3) is 10.8 Å². The van der Waals surface area contributed by atoms with Gasteiger partial charge in [0.25, 0.3) is 0 Å². The van der Waals surface area contributed by atoms with Gasteiger partial charge in [0, 0.05) is 0 Å². The third kappa shape index (κ3) is 4.19. The maximum atomic E-state index is 12.1. The minimum atomic E-state index is -4.73. The van der Waals surface area contributed by atoms with Crippen LogP contribution in [0.2, 0.25) is 0 Å². The summed E-state index contributed by atoms with van der Waals surface area (Å²) in [7, 11) is 0. The zero-order valence-corrected chi connectivity index (χ0v) is 11.0. The molecular formula is C15H14F3NO2. The number of hydrogen-bond donors (Lipinski definition) is 2. The molecule has 1 unspecified atom stereocenters. The Kier molecular flexibility index (Phi) is 4.47. The predicted octanol–water partition coefficient (Wildman–Crippen LogP) is 2.42. The normalized spacial score (nSPS) is 13.1. The fourth-order valence-electron chi connectivity index (χ4n) is 1.92. The maximum absolute atomic E-state index is 12.1. The third-order valence-corrected chi connectivity index (χ3v) is 3.05. The molecule has 3 nitrogen and oxygen atoms in total. The molecule has 1 amide bonds. The molecule has 21 heavy (non-hydrogen) atoms. The molecule has 0 fully saturated rings. The summed E-state index contributed by atoms with van der Waals surface area (Å²) in [5.41, 5.74) is 0.702. The molecule has 0 radical (unpaired) electrons. The van der Waals surface area contributed by atoms with Crippen LogP contribution in [0.5, 0.6) is 0 Å². The summed E-state index contributed by atoms with van der Waals surface area (Å²) in [5, 5.41) is 12.9. The van der Waals surface area contributed by atoms with Crippen LogP contribution in [0.3, 0.4) is 0 Å². The van der Waals surface area contributed by atoms with Gasteiger partial charge in [-0.2, -0.15) is 13.2 Å². The van der Waals surface area contributed by atoms with E-state index in [-0.39, 0.29) is 6.42 Å². The molecule has 0 bridgehead atoms. The SMILES string of the molecule is O=C(Cc1ccc2ccccc2c1)NCC(O)C(F)(F)F. The highest BCUT2D eigenvalue weighted by atomic mass is 19.4. The van der Waals surface area contributed by atoms with Gasteiger partial charge in [0.2, 0.25) is 5.91 Å². The molecule has 2 rings (SSSR count). The number of aliphatic hydroxyl groups excluding tert-OH is 1. The number of alkyl halides is 3. The molecule has 2 aromatic carbocycles. The van der Waals surface area contributed by atoms with Gasteiger partial charge in [-0.05, 0) is 16.3 Å². The standard InChI is InChI=1S/C15H14F3NO2/c16-15(17,18)13(20)9-19-14(21)8-10-5-6-11-3-1-2-4-12(11)7-10/h1-7,13,20H,8-9H2,(H,19,21). The maximum Gasteiger partial charge on any atom is 0.416 e. The van der Waals surface area contributed by atoms with E-state index in [0.29, 0.717) is 5.56 Å². The first-order valence-corrected chi connectivity index (χ1v) is 6.35. The lowest BCUT2D eigenvalue weighted by atomic mass is 10.0. The topological polar surface area (TPSA) is 49.3 Å². The second kappa shape index (κ2) is 6.13. The molecule has 0 aliphatic heterocycles. The number of halogens is 3. The Morgan fingerprint density at radius 3 is 2.48 bits per heavy atom. The molecule has 0 saturated heterocycles. The van der Waals surface area contributed by atoms with Gasteiger partial charge in [-0.1, -0.05) is 42.5 Å². The number of carbonyl (C=O) groups is 1. The van der Waals surface area contributed by atoms with Crippen molar-refractivity contribution >= 4 is 16.7 Å². The van der Waals surface area contributed by atoms with Gasteiger partial charge in [0.1, 0.15) is 0 Å². The van der Waals surface area contributed by atoms with Gasteiger partial charge in [0.05, 0.1) is 13.0 Å². The first kappa shape index (κ1) is 15.3. The van der Waals surface area contributed by atoms with E-state index in [9.17, 15) is 18.0 Å². The van der Waals surface area contributed by atoms with Crippen LogP contribution in [0.1, 0.15) is 5.56 Å². The lowest BCUT2D eigenvalue weighted by molar-refractivity contribution is -0.201. The first-order chi connectivity index (χ1) is 9.86. The molecule has 0 aliphatic carbocycles. The van der Waals surface area contributed by atoms with Crippen molar-refractivity contribution in [1.82, 2.24) is 5.32 Å². The van der Waals surface area contributed by atoms with Crippen LogP contribution in [0.4, 0.5) is 13.2 Å². The molecule has 0 saturated carbocycles. The van der Waals surface area contributed by atoms with Crippen LogP contribution in [0, 0.1) is 0 Å². The summed E-state index contributed by atoms with van der Waals surface area (Å²) in [6, 6.07) is 13.0. The molecule has 6 heteroatoms. The van der Waals surface area contributed by atoms with Crippen LogP contribution in [0.15, 0.2) is 42.5 Å². The Morgan fingerprint density at radius 1 is 1.14 bits per heavy atom. The number of fused-ring (bicyclic) bond motifs is 1. The Hall–Kier alpha value is -2.08. The van der Waals surface area contributed by atoms with Gasteiger partial charge in [-0.15, -0.1) is 0 Å². The lowest BCUT2D eigenvalue weighted by Gasteiger charge is -2.15. The second-order valence-corrected chi connectivity index (χ2v) is 4.72. The fraction of sp³-hybridized carbons (Fsp3) is 0.267. The number of hydrogen-bond acceptors (Lipinski definition) is 2. The van der Waals surface area contributed by atoms with E-state index in [2.05, 4.69) is 5.32 Å². The van der Waals surface area contributed by atoms with Gasteiger partial charge < -0.3 is 10.4 Å². The number of benzene rings is 2. The first-order valence-electron chi connectivity index (χ1n) is 6.35. The molecular weight excluding hydrogens is 283 g/mol. The Labute approximate surface area is 119 Å². The van der Waals surface area contributed by atoms with Crippen molar-refractivity contribution in [3.63, 3.8) is 0 Å². The largest absolute Gasteiger partial charge is 0.416 e. The van der Waals surface area contributed by atoms with Gasteiger partial charge >= 0.3 is 6.18 Å². The Balaban J connectivity index is 1.95. The minimum Gasteiger partial charge on any atom is -0.382 e. The molecule has 0 aromatic heterocycles. The summed E-state index contributed by atoms with van der Waals surface area (Å²) in [5.74, 6) is -0.561. The van der Waals surface area contributed by atoms with E-state index >= 15 is 0 Å². The monoisotopic (exact) mass is 297 g/mol. The van der Waals surface area contributed by atoms with Crippen molar-refractivity contribution in [3.05, 3.63) is 48.0 Å². The van der Waals surface area contributed by atoms with Crippen molar-refractivity contribution in [3.8, 4) is 0 Å². The van der Waals surface area contributed by atoms with Crippen molar-refractivity contribution in [2.75, 3.05) is 6.54 Å². The van der Waals surface area contributed by atoms with E-state index in [4.69, 9.17) is 5.11 Å². The van der Waals surface area contributed by atoms with E-state index in [0.717, 1.165) is 10.8 Å². The van der Waals surface area contributed by atoms with E-state index in [1.54, 1.807) is 6.07 Å². The Bertz CT molecular complexity index is 640. The fourth-order valence-corrected chi connectivity index (χ4v) is 1.92. The van der Waals surface area contributed by atoms with E-state index in [1.807, 2.05) is 36.4 Å². The van der Waals surface area contributed by atoms with Crippen LogP contribution in [-0.4, -0.2) is 29.8 Å². The number of rotatable bonds is 4. The van der Waals surface area contributed by atoms with Crippen LogP contribution in [-0.2, 0) is 11.2 Å². The summed E-state index contributed by atoms with van der Waals surface area (Å²) in [6.45, 7) is -0.837. The van der Waals surface area contributed by atoms with Gasteiger partial charge in [-0.25, -0.2) is 0 Å². The summed E-state index contributed by atoms with van der Waals surface area (Å²) >= 11 is 0. The smallest absolute Gasteiger partial charge is 0.382 e. The summed E-state index contributed by atoms with van der Waals surface area (Å²) in [4.78, 5) is 11.6. The van der Waals surface area contributed by atoms with Crippen molar-refractivity contribution in [2.45, 2.75) is 18.7 Å². The highest BCUT2D eigenvalue weighted by molar-refractivity contribution is 5.85. The molecule has 2 aromatic rings. The van der Waals surface area contributed by atoms with Crippen molar-refractivity contribution < 1.29 is 23.1 Å². The highest BCUT2D eigenvalue weighted by Gasteiger charge is 2.38. The number of aliphatic hydroxyl groups is 1. The van der Waals surface area contributed by atoms with Crippen molar-refractivity contribution in [2.24, 2.45) is 0 Å². The van der Waals surface area contributed by atoms with Crippen molar-refractivity contribution in [1.29, 1.82) is 0 Å². The number of nitrogens with one attached hydrogen (secondary N) is 1. The summed E-state index contributed by atoms with van der Waals surface area (Å²) in [6.07, 6.45) is -7.30. The minimum absolute atomic E-state index is 0.0323. The number of carbonyl (C=O) groups excluding carboxylic acids is 1. The molecule has 0 aliphatic rings. The lowest BCUT2D eigenvalue weighted by Crippen LogP contribution is -2.41. The van der Waals surface area contributed by atoms with Gasteiger partial charge in [0.15, 0.2) is 6.10 Å². The average Bonchev–Trinajstić information content (AvgIpc) is 2.43. The second-order valence-electron chi connectivity index (χ2n) is 4.72.